The van der Waals surface area contributed by atoms with Crippen molar-refractivity contribution in [3.63, 3.8) is 0 Å². The monoisotopic (exact) mass is 299 g/mol. The number of nitrogens with zero attached hydrogens (tertiary/aromatic N) is 1. The number of pyridine rings is 1. The molecule has 1 aliphatic rings. The second-order valence-electron chi connectivity index (χ2n) is 6.40. The molecule has 0 spiro atoms. The SMILES string of the molecule is c1ccc(-c2cc(-c3cccc(C4CCCC4)c3)ccn2)cc1. The van der Waals surface area contributed by atoms with E-state index in [9.17, 15) is 0 Å². The highest BCUT2D eigenvalue weighted by molar-refractivity contribution is 5.70. The van der Waals surface area contributed by atoms with Crippen molar-refractivity contribution in [2.75, 3.05) is 0 Å². The van der Waals surface area contributed by atoms with Crippen LogP contribution >= 0.6 is 0 Å². The molecule has 1 nitrogen and oxygen atoms in total. The minimum absolute atomic E-state index is 0.755. The third-order valence-corrected chi connectivity index (χ3v) is 4.88. The van der Waals surface area contributed by atoms with Crippen LogP contribution in [-0.4, -0.2) is 4.98 Å². The summed E-state index contributed by atoms with van der Waals surface area (Å²) in [7, 11) is 0. The maximum absolute atomic E-state index is 4.54. The number of rotatable bonds is 3. The van der Waals surface area contributed by atoms with Crippen molar-refractivity contribution in [3.05, 3.63) is 78.5 Å². The van der Waals surface area contributed by atoms with Crippen LogP contribution in [0, 0.1) is 0 Å². The molecule has 23 heavy (non-hydrogen) atoms. The molecule has 0 radical (unpaired) electrons. The molecule has 1 heterocycles. The molecule has 0 unspecified atom stereocenters. The van der Waals surface area contributed by atoms with Gasteiger partial charge in [-0.1, -0.05) is 67.4 Å². The topological polar surface area (TPSA) is 12.9 Å². The highest BCUT2D eigenvalue weighted by Crippen LogP contribution is 2.35. The molecule has 0 amide bonds. The van der Waals surface area contributed by atoms with Crippen LogP contribution in [0.25, 0.3) is 22.4 Å². The summed E-state index contributed by atoms with van der Waals surface area (Å²) in [5.74, 6) is 0.755. The zero-order chi connectivity index (χ0) is 15.5. The van der Waals surface area contributed by atoms with Gasteiger partial charge >= 0.3 is 0 Å². The van der Waals surface area contributed by atoms with E-state index in [0.717, 1.165) is 11.6 Å². The van der Waals surface area contributed by atoms with Crippen molar-refractivity contribution < 1.29 is 0 Å². The van der Waals surface area contributed by atoms with E-state index in [0.29, 0.717) is 0 Å². The quantitative estimate of drug-likeness (QED) is 0.571. The number of benzene rings is 2. The summed E-state index contributed by atoms with van der Waals surface area (Å²) < 4.78 is 0. The molecule has 0 bridgehead atoms. The average molecular weight is 299 g/mol. The van der Waals surface area contributed by atoms with Crippen LogP contribution < -0.4 is 0 Å². The van der Waals surface area contributed by atoms with Gasteiger partial charge in [0.05, 0.1) is 5.69 Å². The summed E-state index contributed by atoms with van der Waals surface area (Å²) in [6, 6.07) is 23.8. The van der Waals surface area contributed by atoms with Gasteiger partial charge in [-0.15, -0.1) is 0 Å². The third kappa shape index (κ3) is 3.05. The third-order valence-electron chi connectivity index (χ3n) is 4.88. The second-order valence-corrected chi connectivity index (χ2v) is 6.40. The van der Waals surface area contributed by atoms with E-state index >= 15 is 0 Å². The zero-order valence-electron chi connectivity index (χ0n) is 13.3. The molecule has 1 aromatic heterocycles. The molecule has 2 aromatic carbocycles. The Morgan fingerprint density at radius 1 is 0.696 bits per heavy atom. The van der Waals surface area contributed by atoms with E-state index in [1.165, 1.54) is 47.9 Å². The molecule has 0 atom stereocenters. The zero-order valence-corrected chi connectivity index (χ0v) is 13.3. The van der Waals surface area contributed by atoms with Gasteiger partial charge in [-0.25, -0.2) is 0 Å². The van der Waals surface area contributed by atoms with Crippen molar-refractivity contribution in [3.8, 4) is 22.4 Å². The summed E-state index contributed by atoms with van der Waals surface area (Å²) in [6.07, 6.45) is 7.36. The summed E-state index contributed by atoms with van der Waals surface area (Å²) >= 11 is 0. The first kappa shape index (κ1) is 14.2. The van der Waals surface area contributed by atoms with E-state index in [4.69, 9.17) is 0 Å². The van der Waals surface area contributed by atoms with Gasteiger partial charge in [-0.3, -0.25) is 4.98 Å². The normalized spacial score (nSPS) is 15.0. The molecule has 1 heteroatoms. The van der Waals surface area contributed by atoms with Crippen LogP contribution in [0.1, 0.15) is 37.2 Å². The molecule has 0 aliphatic heterocycles. The first-order valence-corrected chi connectivity index (χ1v) is 8.52. The maximum atomic E-state index is 4.54. The first-order chi connectivity index (χ1) is 11.4. The van der Waals surface area contributed by atoms with E-state index in [1.807, 2.05) is 12.3 Å². The van der Waals surface area contributed by atoms with E-state index < -0.39 is 0 Å². The Morgan fingerprint density at radius 3 is 2.26 bits per heavy atom. The second kappa shape index (κ2) is 6.37. The van der Waals surface area contributed by atoms with Gasteiger partial charge in [-0.05, 0) is 47.6 Å². The van der Waals surface area contributed by atoms with Gasteiger partial charge in [0.1, 0.15) is 0 Å². The summed E-state index contributed by atoms with van der Waals surface area (Å²) in [4.78, 5) is 4.54. The van der Waals surface area contributed by atoms with Gasteiger partial charge in [0, 0.05) is 11.8 Å². The molecule has 1 aliphatic carbocycles. The van der Waals surface area contributed by atoms with Gasteiger partial charge in [0.25, 0.3) is 0 Å². The fraction of sp³-hybridized carbons (Fsp3) is 0.227. The average Bonchev–Trinajstić information content (AvgIpc) is 3.18. The Labute approximate surface area is 138 Å². The van der Waals surface area contributed by atoms with Crippen molar-refractivity contribution in [1.29, 1.82) is 0 Å². The van der Waals surface area contributed by atoms with Gasteiger partial charge in [0.15, 0.2) is 0 Å². The minimum atomic E-state index is 0.755. The molecule has 0 saturated heterocycles. The Kier molecular flexibility index (Phi) is 3.94. The molecule has 1 fully saturated rings. The van der Waals surface area contributed by atoms with Gasteiger partial charge in [-0.2, -0.15) is 0 Å². The number of hydrogen-bond acceptors (Lipinski definition) is 1. The van der Waals surface area contributed by atoms with Crippen LogP contribution in [0.2, 0.25) is 0 Å². The van der Waals surface area contributed by atoms with Gasteiger partial charge in [0.2, 0.25) is 0 Å². The van der Waals surface area contributed by atoms with E-state index in [-0.39, 0.29) is 0 Å². The Balaban J connectivity index is 1.69. The lowest BCUT2D eigenvalue weighted by Gasteiger charge is -2.12. The predicted octanol–water partition coefficient (Wildman–Crippen LogP) is 6.07. The Bertz CT molecular complexity index is 786. The van der Waals surface area contributed by atoms with Gasteiger partial charge < -0.3 is 0 Å². The minimum Gasteiger partial charge on any atom is -0.256 e. The Hall–Kier alpha value is -2.41. The summed E-state index contributed by atoms with van der Waals surface area (Å²) in [6.45, 7) is 0. The summed E-state index contributed by atoms with van der Waals surface area (Å²) in [5, 5.41) is 0. The smallest absolute Gasteiger partial charge is 0.0708 e. The lowest BCUT2D eigenvalue weighted by atomic mass is 9.94. The van der Waals surface area contributed by atoms with Crippen molar-refractivity contribution in [2.45, 2.75) is 31.6 Å². The van der Waals surface area contributed by atoms with Crippen LogP contribution in [0.15, 0.2) is 72.9 Å². The predicted molar refractivity (Wildman–Crippen MR) is 96.3 cm³/mol. The van der Waals surface area contributed by atoms with E-state index in [1.54, 1.807) is 0 Å². The maximum Gasteiger partial charge on any atom is 0.0708 e. The number of aromatic nitrogens is 1. The lowest BCUT2D eigenvalue weighted by Crippen LogP contribution is -1.92. The molecule has 3 aromatic rings. The highest BCUT2D eigenvalue weighted by atomic mass is 14.7. The Morgan fingerprint density at radius 2 is 1.43 bits per heavy atom. The molecule has 1 saturated carbocycles. The fourth-order valence-corrected chi connectivity index (χ4v) is 3.61. The summed E-state index contributed by atoms with van der Waals surface area (Å²) in [5.41, 5.74) is 6.25. The lowest BCUT2D eigenvalue weighted by molar-refractivity contribution is 0.723. The van der Waals surface area contributed by atoms with Crippen LogP contribution in [-0.2, 0) is 0 Å². The van der Waals surface area contributed by atoms with Crippen molar-refractivity contribution >= 4 is 0 Å². The molecular weight excluding hydrogens is 278 g/mol. The standard InChI is InChI=1S/C22H21N/c1-2-9-18(10-3-1)22-16-21(13-14-23-22)20-12-6-11-19(15-20)17-7-4-5-8-17/h1-3,6,9-17H,4-5,7-8H2. The van der Waals surface area contributed by atoms with Crippen LogP contribution in [0.5, 0.6) is 0 Å². The van der Waals surface area contributed by atoms with Crippen molar-refractivity contribution in [2.24, 2.45) is 0 Å². The molecular formula is C22H21N. The highest BCUT2D eigenvalue weighted by Gasteiger charge is 2.17. The van der Waals surface area contributed by atoms with E-state index in [2.05, 4.69) is 65.6 Å². The molecule has 0 N–H and O–H groups in total. The van der Waals surface area contributed by atoms with Crippen molar-refractivity contribution in [1.82, 2.24) is 4.98 Å². The molecule has 4 rings (SSSR count). The number of hydrogen-bond donors (Lipinski definition) is 0. The van der Waals surface area contributed by atoms with Crippen LogP contribution in [0.3, 0.4) is 0 Å². The van der Waals surface area contributed by atoms with Crippen LogP contribution in [0.4, 0.5) is 0 Å². The first-order valence-electron chi connectivity index (χ1n) is 8.52. The molecule has 114 valence electrons. The largest absolute Gasteiger partial charge is 0.256 e. The fourth-order valence-electron chi connectivity index (χ4n) is 3.61.